The maximum atomic E-state index is 11.4. The smallest absolute Gasteiger partial charge is 0.338 e. The molecule has 1 fully saturated rings. The first-order valence-electron chi connectivity index (χ1n) is 5.80. The van der Waals surface area contributed by atoms with Crippen LogP contribution < -0.4 is 0 Å². The largest absolute Gasteiger partial charge is 0.465 e. The third kappa shape index (κ3) is 1.96. The number of methoxy groups -OCH3 is 1. The first-order valence-corrected chi connectivity index (χ1v) is 6.96. The lowest BCUT2D eigenvalue weighted by atomic mass is 10.1. The lowest BCUT2D eigenvalue weighted by Crippen LogP contribution is -2.02. The summed E-state index contributed by atoms with van der Waals surface area (Å²) in [7, 11) is 1.37. The van der Waals surface area contributed by atoms with Crippen molar-refractivity contribution < 1.29 is 9.53 Å². The lowest BCUT2D eigenvalue weighted by Gasteiger charge is -1.99. The summed E-state index contributed by atoms with van der Waals surface area (Å²) < 4.78 is 6.41. The summed E-state index contributed by atoms with van der Waals surface area (Å²) in [4.78, 5) is 15.9. The Balaban J connectivity index is 1.98. The Labute approximate surface area is 109 Å². The van der Waals surface area contributed by atoms with Crippen LogP contribution >= 0.6 is 11.8 Å². The number of rotatable bonds is 2. The molecule has 18 heavy (non-hydrogen) atoms. The molecule has 1 saturated heterocycles. The average molecular weight is 263 g/mol. The molecule has 0 amide bonds. The van der Waals surface area contributed by atoms with Crippen molar-refractivity contribution in [3.05, 3.63) is 29.7 Å². The number of esters is 1. The SMILES string of the molecule is COC(=O)c1ccn2nc(C3CCSC3)nc2c1. The molecule has 3 heterocycles. The number of nitrogens with zero attached hydrogens (tertiary/aromatic N) is 3. The summed E-state index contributed by atoms with van der Waals surface area (Å²) in [6.45, 7) is 0. The van der Waals surface area contributed by atoms with Crippen LogP contribution in [0.4, 0.5) is 0 Å². The van der Waals surface area contributed by atoms with Crippen LogP contribution in [0.1, 0.15) is 28.5 Å². The monoisotopic (exact) mass is 263 g/mol. The number of ether oxygens (including phenoxy) is 1. The van der Waals surface area contributed by atoms with Gasteiger partial charge in [-0.25, -0.2) is 14.3 Å². The zero-order valence-corrected chi connectivity index (χ0v) is 10.8. The Morgan fingerprint density at radius 3 is 3.22 bits per heavy atom. The first kappa shape index (κ1) is 11.5. The van der Waals surface area contributed by atoms with Gasteiger partial charge in [0.1, 0.15) is 0 Å². The quantitative estimate of drug-likeness (QED) is 0.772. The van der Waals surface area contributed by atoms with Gasteiger partial charge in [0.15, 0.2) is 11.5 Å². The van der Waals surface area contributed by atoms with Crippen molar-refractivity contribution in [1.29, 1.82) is 0 Å². The number of fused-ring (bicyclic) bond motifs is 1. The molecule has 3 rings (SSSR count). The van der Waals surface area contributed by atoms with Gasteiger partial charge >= 0.3 is 5.97 Å². The van der Waals surface area contributed by atoms with Crippen LogP contribution in [0.15, 0.2) is 18.3 Å². The van der Waals surface area contributed by atoms with E-state index in [2.05, 4.69) is 10.1 Å². The van der Waals surface area contributed by atoms with E-state index in [9.17, 15) is 4.79 Å². The maximum absolute atomic E-state index is 11.4. The second kappa shape index (κ2) is 4.61. The number of hydrogen-bond donors (Lipinski definition) is 0. The van der Waals surface area contributed by atoms with Crippen LogP contribution in [0.5, 0.6) is 0 Å². The molecule has 0 N–H and O–H groups in total. The number of pyridine rings is 1. The number of hydrogen-bond acceptors (Lipinski definition) is 5. The van der Waals surface area contributed by atoms with E-state index in [-0.39, 0.29) is 5.97 Å². The Morgan fingerprint density at radius 1 is 1.61 bits per heavy atom. The minimum Gasteiger partial charge on any atom is -0.465 e. The summed E-state index contributed by atoms with van der Waals surface area (Å²) in [5.41, 5.74) is 1.20. The Morgan fingerprint density at radius 2 is 2.50 bits per heavy atom. The van der Waals surface area contributed by atoms with Crippen molar-refractivity contribution in [1.82, 2.24) is 14.6 Å². The zero-order valence-electron chi connectivity index (χ0n) is 10.00. The van der Waals surface area contributed by atoms with Gasteiger partial charge in [0.05, 0.1) is 12.7 Å². The van der Waals surface area contributed by atoms with E-state index < -0.39 is 0 Å². The number of carbonyl (C=O) groups excluding carboxylic acids is 1. The Bertz CT molecular complexity index is 590. The molecule has 0 saturated carbocycles. The fourth-order valence-corrected chi connectivity index (χ4v) is 3.27. The van der Waals surface area contributed by atoms with Crippen LogP contribution in [0.3, 0.4) is 0 Å². The van der Waals surface area contributed by atoms with Gasteiger partial charge in [-0.1, -0.05) is 0 Å². The highest BCUT2D eigenvalue weighted by Gasteiger charge is 2.22. The molecular formula is C12H13N3O2S. The van der Waals surface area contributed by atoms with E-state index in [4.69, 9.17) is 4.74 Å². The van der Waals surface area contributed by atoms with Gasteiger partial charge in [0, 0.05) is 17.9 Å². The molecule has 94 valence electrons. The average Bonchev–Trinajstić information content (AvgIpc) is 3.04. The van der Waals surface area contributed by atoms with E-state index in [1.807, 2.05) is 11.8 Å². The summed E-state index contributed by atoms with van der Waals surface area (Å²) >= 11 is 1.94. The molecule has 0 bridgehead atoms. The summed E-state index contributed by atoms with van der Waals surface area (Å²) in [6.07, 6.45) is 2.88. The highest BCUT2D eigenvalue weighted by molar-refractivity contribution is 7.99. The normalized spacial score (nSPS) is 19.3. The van der Waals surface area contributed by atoms with Gasteiger partial charge in [0.25, 0.3) is 0 Å². The van der Waals surface area contributed by atoms with Gasteiger partial charge < -0.3 is 4.74 Å². The molecule has 0 radical (unpaired) electrons. The fraction of sp³-hybridized carbons (Fsp3) is 0.417. The number of thioether (sulfide) groups is 1. The van der Waals surface area contributed by atoms with E-state index in [1.54, 1.807) is 22.8 Å². The predicted molar refractivity (Wildman–Crippen MR) is 69.0 cm³/mol. The molecule has 1 aliphatic heterocycles. The van der Waals surface area contributed by atoms with Crippen molar-refractivity contribution >= 4 is 23.4 Å². The maximum Gasteiger partial charge on any atom is 0.338 e. The van der Waals surface area contributed by atoms with Crippen molar-refractivity contribution in [2.24, 2.45) is 0 Å². The zero-order chi connectivity index (χ0) is 12.5. The van der Waals surface area contributed by atoms with Crippen LogP contribution in [0.2, 0.25) is 0 Å². The number of aromatic nitrogens is 3. The van der Waals surface area contributed by atoms with Crippen molar-refractivity contribution in [2.75, 3.05) is 18.6 Å². The summed E-state index contributed by atoms with van der Waals surface area (Å²) in [5.74, 6) is 3.23. The Hall–Kier alpha value is -1.56. The predicted octanol–water partition coefficient (Wildman–Crippen LogP) is 1.74. The van der Waals surface area contributed by atoms with Crippen molar-refractivity contribution in [3.8, 4) is 0 Å². The van der Waals surface area contributed by atoms with E-state index in [1.165, 1.54) is 12.9 Å². The molecule has 1 aliphatic rings. The van der Waals surface area contributed by atoms with Gasteiger partial charge in [-0.3, -0.25) is 0 Å². The standard InChI is InChI=1S/C12H13N3O2S/c1-17-12(16)8-2-4-15-10(6-8)13-11(14-15)9-3-5-18-7-9/h2,4,6,9H,3,5,7H2,1H3. The lowest BCUT2D eigenvalue weighted by molar-refractivity contribution is 0.0600. The van der Waals surface area contributed by atoms with Crippen molar-refractivity contribution in [2.45, 2.75) is 12.3 Å². The molecule has 6 heteroatoms. The molecule has 1 unspecified atom stereocenters. The minimum atomic E-state index is -0.349. The third-order valence-electron chi connectivity index (χ3n) is 3.07. The van der Waals surface area contributed by atoms with Crippen LogP contribution in [-0.2, 0) is 4.74 Å². The summed E-state index contributed by atoms with van der Waals surface area (Å²) in [5, 5.41) is 4.46. The van der Waals surface area contributed by atoms with Gasteiger partial charge in [-0.05, 0) is 24.3 Å². The fourth-order valence-electron chi connectivity index (χ4n) is 2.05. The van der Waals surface area contributed by atoms with Crippen LogP contribution in [-0.4, -0.2) is 39.2 Å². The van der Waals surface area contributed by atoms with E-state index in [0.29, 0.717) is 17.1 Å². The highest BCUT2D eigenvalue weighted by Crippen LogP contribution is 2.30. The van der Waals surface area contributed by atoms with Gasteiger partial charge in [-0.15, -0.1) is 0 Å². The van der Waals surface area contributed by atoms with Crippen molar-refractivity contribution in [3.63, 3.8) is 0 Å². The first-order chi connectivity index (χ1) is 8.78. The van der Waals surface area contributed by atoms with E-state index >= 15 is 0 Å². The topological polar surface area (TPSA) is 56.5 Å². The number of carbonyl (C=O) groups is 1. The van der Waals surface area contributed by atoms with Crippen LogP contribution in [0, 0.1) is 0 Å². The molecular weight excluding hydrogens is 250 g/mol. The second-order valence-electron chi connectivity index (χ2n) is 4.24. The second-order valence-corrected chi connectivity index (χ2v) is 5.39. The molecule has 1 atom stereocenters. The van der Waals surface area contributed by atoms with Crippen LogP contribution in [0.25, 0.3) is 5.65 Å². The molecule has 0 aliphatic carbocycles. The highest BCUT2D eigenvalue weighted by atomic mass is 32.2. The molecule has 2 aromatic heterocycles. The Kier molecular flexibility index (Phi) is 2.95. The van der Waals surface area contributed by atoms with Gasteiger partial charge in [-0.2, -0.15) is 16.9 Å². The molecule has 0 aromatic carbocycles. The summed E-state index contributed by atoms with van der Waals surface area (Å²) in [6, 6.07) is 3.41. The molecule has 0 spiro atoms. The third-order valence-corrected chi connectivity index (χ3v) is 4.23. The molecule has 2 aromatic rings. The van der Waals surface area contributed by atoms with Gasteiger partial charge in [0.2, 0.25) is 0 Å². The molecule has 5 nitrogen and oxygen atoms in total. The minimum absolute atomic E-state index is 0.349. The van der Waals surface area contributed by atoms with E-state index in [0.717, 1.165) is 18.0 Å².